The average Bonchev–Trinajstić information content (AvgIpc) is 3.18. The smallest absolute Gasteiger partial charge is 0.872 e. The standard InChI is InChI=1S/2C23H22O3.2Zn/c2*1-15(17-9-5-3-6-10-17)19-13-20(22(24)21(14-19)23(25)26)16(2)18-11-7-4-8-12-18;;/h2*3-16,24H,1-2H3,(H,25,26);;/q;;2*+2/p-4. The Morgan fingerprint density at radius 1 is 0.389 bits per heavy atom. The van der Waals surface area contributed by atoms with E-state index in [0.29, 0.717) is 11.1 Å². The van der Waals surface area contributed by atoms with Gasteiger partial charge in [0, 0.05) is 23.7 Å². The molecule has 0 radical (unpaired) electrons. The third-order valence-electron chi connectivity index (χ3n) is 9.85. The molecule has 6 nitrogen and oxygen atoms in total. The molecule has 0 N–H and O–H groups in total. The molecule has 0 heterocycles. The molecule has 0 spiro atoms. The van der Waals surface area contributed by atoms with E-state index in [4.69, 9.17) is 0 Å². The van der Waals surface area contributed by atoms with Crippen LogP contribution in [0.2, 0.25) is 0 Å². The summed E-state index contributed by atoms with van der Waals surface area (Å²) in [5.41, 5.74) is 6.08. The van der Waals surface area contributed by atoms with Crippen LogP contribution in [0.3, 0.4) is 0 Å². The number of carbonyl (C=O) groups excluding carboxylic acids is 2. The predicted octanol–water partition coefficient (Wildman–Crippen LogP) is 6.85. The van der Waals surface area contributed by atoms with E-state index in [1.165, 1.54) is 12.1 Å². The van der Waals surface area contributed by atoms with Crippen LogP contribution in [0, 0.1) is 0 Å². The Bertz CT molecular complexity index is 1970. The molecule has 0 saturated carbocycles. The van der Waals surface area contributed by atoms with Gasteiger partial charge in [0.15, 0.2) is 0 Å². The van der Waals surface area contributed by atoms with E-state index in [1.54, 1.807) is 0 Å². The molecule has 0 fully saturated rings. The van der Waals surface area contributed by atoms with Crippen molar-refractivity contribution >= 4 is 11.9 Å². The van der Waals surface area contributed by atoms with Gasteiger partial charge in [-0.15, -0.1) is 0 Å². The van der Waals surface area contributed by atoms with Crippen molar-refractivity contribution in [3.05, 3.63) is 201 Å². The summed E-state index contributed by atoms with van der Waals surface area (Å²) < 4.78 is 0. The summed E-state index contributed by atoms with van der Waals surface area (Å²) in [4.78, 5) is 23.1. The molecule has 6 aromatic rings. The molecule has 0 saturated heterocycles. The molecule has 6 aromatic carbocycles. The Labute approximate surface area is 343 Å². The molecule has 6 rings (SSSR count). The molecule has 0 bridgehead atoms. The summed E-state index contributed by atoms with van der Waals surface area (Å²) in [5, 5.41) is 48.5. The number of rotatable bonds is 10. The predicted molar refractivity (Wildman–Crippen MR) is 196 cm³/mol. The normalized spacial score (nSPS) is 12.7. The van der Waals surface area contributed by atoms with E-state index in [-0.39, 0.29) is 73.8 Å². The second-order valence-electron chi connectivity index (χ2n) is 13.1. The Kier molecular flexibility index (Phi) is 16.1. The van der Waals surface area contributed by atoms with Crippen molar-refractivity contribution in [3.8, 4) is 11.5 Å². The summed E-state index contributed by atoms with van der Waals surface area (Å²) >= 11 is 0. The van der Waals surface area contributed by atoms with Crippen molar-refractivity contribution in [2.24, 2.45) is 0 Å². The number of carboxylic acids is 2. The van der Waals surface area contributed by atoms with Gasteiger partial charge in [-0.3, -0.25) is 0 Å². The van der Waals surface area contributed by atoms with Crippen molar-refractivity contribution in [1.82, 2.24) is 0 Å². The maximum atomic E-state index is 12.7. The van der Waals surface area contributed by atoms with Gasteiger partial charge in [-0.1, -0.05) is 173 Å². The van der Waals surface area contributed by atoms with Crippen LogP contribution in [-0.4, -0.2) is 11.9 Å². The van der Waals surface area contributed by atoms with Crippen LogP contribution in [0.5, 0.6) is 11.5 Å². The first-order chi connectivity index (χ1) is 25.0. The molecular weight excluding hydrogens is 779 g/mol. The second-order valence-corrected chi connectivity index (χ2v) is 13.1. The average molecular weight is 820 g/mol. The van der Waals surface area contributed by atoms with Gasteiger partial charge < -0.3 is 30.0 Å². The summed E-state index contributed by atoms with van der Waals surface area (Å²) in [6.45, 7) is 7.85. The van der Waals surface area contributed by atoms with E-state index < -0.39 is 23.4 Å². The minimum absolute atomic E-state index is 0. The molecule has 0 aliphatic rings. The van der Waals surface area contributed by atoms with Gasteiger partial charge in [-0.05, 0) is 67.8 Å². The van der Waals surface area contributed by atoms with Crippen molar-refractivity contribution in [2.75, 3.05) is 0 Å². The molecule has 0 aliphatic heterocycles. The maximum absolute atomic E-state index is 12.7. The molecule has 54 heavy (non-hydrogen) atoms. The Morgan fingerprint density at radius 3 is 0.870 bits per heavy atom. The molecule has 4 atom stereocenters. The van der Waals surface area contributed by atoms with E-state index in [9.17, 15) is 30.0 Å². The second kappa shape index (κ2) is 20.0. The molecule has 0 amide bonds. The number of benzene rings is 6. The number of aromatic carboxylic acids is 2. The zero-order chi connectivity index (χ0) is 37.4. The molecule has 0 aromatic heterocycles. The van der Waals surface area contributed by atoms with Gasteiger partial charge in [-0.25, -0.2) is 0 Å². The fourth-order valence-electron chi connectivity index (χ4n) is 6.51. The van der Waals surface area contributed by atoms with Crippen LogP contribution < -0.4 is 20.4 Å². The largest absolute Gasteiger partial charge is 2.00 e. The minimum atomic E-state index is -1.43. The number of hydrogen-bond acceptors (Lipinski definition) is 6. The number of carbonyl (C=O) groups is 2. The topological polar surface area (TPSA) is 126 Å². The molecular formula is C46H40O6Zn2. The van der Waals surface area contributed by atoms with E-state index in [1.807, 2.05) is 161 Å². The van der Waals surface area contributed by atoms with Crippen LogP contribution in [0.25, 0.3) is 0 Å². The monoisotopic (exact) mass is 816 g/mol. The SMILES string of the molecule is CC(c1ccccc1)c1cc(C(=O)[O-])c([O-])c(C(C)c2ccccc2)c1.CC(c1ccccc1)c1cc(C(=O)[O-])c([O-])c(C(C)c2ccccc2)c1.[Zn+2].[Zn+2]. The number of carboxylic acid groups (broad SMARTS) is 2. The summed E-state index contributed by atoms with van der Waals surface area (Å²) in [7, 11) is 0. The van der Waals surface area contributed by atoms with E-state index in [0.717, 1.165) is 33.4 Å². The first-order valence-corrected chi connectivity index (χ1v) is 17.3. The Morgan fingerprint density at radius 2 is 0.630 bits per heavy atom. The Hall–Kier alpha value is -4.89. The Balaban J connectivity index is 0.000000280. The molecule has 8 heteroatoms. The van der Waals surface area contributed by atoms with Crippen molar-refractivity contribution in [1.29, 1.82) is 0 Å². The van der Waals surface area contributed by atoms with Crippen LogP contribution in [-0.2, 0) is 39.0 Å². The van der Waals surface area contributed by atoms with Crippen LogP contribution in [0.4, 0.5) is 0 Å². The van der Waals surface area contributed by atoms with Crippen molar-refractivity contribution in [3.63, 3.8) is 0 Å². The summed E-state index contributed by atoms with van der Waals surface area (Å²) in [6, 6.07) is 45.4. The third-order valence-corrected chi connectivity index (χ3v) is 9.85. The fraction of sp³-hybridized carbons (Fsp3) is 0.174. The zero-order valence-electron chi connectivity index (χ0n) is 31.0. The number of hydrogen-bond donors (Lipinski definition) is 0. The van der Waals surface area contributed by atoms with Gasteiger partial charge in [0.25, 0.3) is 0 Å². The van der Waals surface area contributed by atoms with Crippen molar-refractivity contribution in [2.45, 2.75) is 51.4 Å². The van der Waals surface area contributed by atoms with Crippen LogP contribution >= 0.6 is 0 Å². The van der Waals surface area contributed by atoms with E-state index >= 15 is 0 Å². The molecule has 0 aliphatic carbocycles. The maximum Gasteiger partial charge on any atom is 2.00 e. The summed E-state index contributed by atoms with van der Waals surface area (Å²) in [5.74, 6) is -4.27. The van der Waals surface area contributed by atoms with Crippen molar-refractivity contribution < 1.29 is 69.0 Å². The van der Waals surface area contributed by atoms with Gasteiger partial charge in [0.2, 0.25) is 0 Å². The van der Waals surface area contributed by atoms with E-state index in [2.05, 4.69) is 0 Å². The summed E-state index contributed by atoms with van der Waals surface area (Å²) in [6.07, 6.45) is 0. The third kappa shape index (κ3) is 10.2. The van der Waals surface area contributed by atoms with Gasteiger partial charge in [0.05, 0.1) is 11.9 Å². The van der Waals surface area contributed by atoms with Gasteiger partial charge in [0.1, 0.15) is 0 Å². The van der Waals surface area contributed by atoms with Crippen LogP contribution in [0.15, 0.2) is 146 Å². The molecule has 264 valence electrons. The zero-order valence-corrected chi connectivity index (χ0v) is 37.0. The minimum Gasteiger partial charge on any atom is -0.872 e. The van der Waals surface area contributed by atoms with Gasteiger partial charge >= 0.3 is 39.0 Å². The first-order valence-electron chi connectivity index (χ1n) is 17.3. The first kappa shape index (κ1) is 43.5. The van der Waals surface area contributed by atoms with Crippen LogP contribution in [0.1, 0.15) is 117 Å². The quantitative estimate of drug-likeness (QED) is 0.139. The fourth-order valence-corrected chi connectivity index (χ4v) is 6.51. The van der Waals surface area contributed by atoms with Gasteiger partial charge in [-0.2, -0.15) is 0 Å². The molecule has 4 unspecified atom stereocenters.